The number of aliphatic imine (C=N–C) groups is 1. The fraction of sp³-hybridized carbons (Fsp3) is 0.0392. The van der Waals surface area contributed by atoms with Crippen molar-refractivity contribution in [2.75, 3.05) is 0 Å². The number of fused-ring (bicyclic) bond motifs is 7. The van der Waals surface area contributed by atoms with Crippen molar-refractivity contribution in [3.63, 3.8) is 0 Å². The first-order valence-corrected chi connectivity index (χ1v) is 18.6. The molecule has 3 nitrogen and oxygen atoms in total. The smallest absolute Gasteiger partial charge is 0.145 e. The van der Waals surface area contributed by atoms with E-state index in [0.29, 0.717) is 0 Å². The van der Waals surface area contributed by atoms with E-state index in [9.17, 15) is 0 Å². The molecule has 1 N–H and O–H groups in total. The minimum Gasteiger partial charge on any atom is -0.456 e. The number of allylic oxidation sites excluding steroid dienone is 5. The Bertz CT molecular complexity index is 3050. The Morgan fingerprint density at radius 2 is 1.26 bits per heavy atom. The van der Waals surface area contributed by atoms with Gasteiger partial charge in [0.15, 0.2) is 0 Å². The van der Waals surface area contributed by atoms with Gasteiger partial charge in [-0.3, -0.25) is 4.99 Å². The minimum atomic E-state index is -0.291. The molecule has 0 saturated carbocycles. The Kier molecular flexibility index (Phi) is 6.99. The highest BCUT2D eigenvalue weighted by Crippen LogP contribution is 2.38. The molecule has 3 heteroatoms. The summed E-state index contributed by atoms with van der Waals surface area (Å²) in [5, 5.41) is 11.2. The zero-order valence-corrected chi connectivity index (χ0v) is 29.4. The maximum atomic E-state index is 6.70. The third-order valence-corrected chi connectivity index (χ3v) is 11.2. The van der Waals surface area contributed by atoms with Crippen molar-refractivity contribution < 1.29 is 4.42 Å². The summed E-state index contributed by atoms with van der Waals surface area (Å²) in [6.45, 7) is 0. The van der Waals surface area contributed by atoms with E-state index in [1.807, 2.05) is 0 Å². The van der Waals surface area contributed by atoms with Gasteiger partial charge >= 0.3 is 0 Å². The number of hydrogen-bond donors (Lipinski definition) is 1. The topological polar surface area (TPSA) is 37.5 Å². The van der Waals surface area contributed by atoms with Crippen LogP contribution in [0.3, 0.4) is 0 Å². The molecule has 1 aromatic heterocycles. The second kappa shape index (κ2) is 12.3. The van der Waals surface area contributed by atoms with E-state index in [4.69, 9.17) is 9.41 Å². The lowest BCUT2D eigenvalue weighted by Gasteiger charge is -2.25. The summed E-state index contributed by atoms with van der Waals surface area (Å²) in [5.41, 5.74) is 13.3. The van der Waals surface area contributed by atoms with Gasteiger partial charge in [-0.2, -0.15) is 0 Å². The number of furan rings is 1. The lowest BCUT2D eigenvalue weighted by Crippen LogP contribution is -2.25. The molecule has 8 aromatic rings. The van der Waals surface area contributed by atoms with Crippen LogP contribution in [0.2, 0.25) is 0 Å². The van der Waals surface area contributed by atoms with E-state index in [1.54, 1.807) is 0 Å². The third-order valence-electron chi connectivity index (χ3n) is 11.2. The zero-order valence-electron chi connectivity index (χ0n) is 29.4. The molecule has 2 aliphatic carbocycles. The van der Waals surface area contributed by atoms with Crippen LogP contribution in [0, 0.1) is 5.92 Å². The standard InChI is InChI=1S/C51H34N2O/c1-3-13-33(14-4-1)45-31-46(34-25-23-32(24-26-34)43-29-36-17-7-8-18-38(36)39-19-9-10-20-40(39)43)53-51(52-45)37-27-28-47-44(30-37)49-42-22-12-11-21-41(42)48(50(49)54-47)35-15-5-2-6-16-35/h1-31,41,51,53H. The molecule has 0 saturated heterocycles. The van der Waals surface area contributed by atoms with Gasteiger partial charge in [-0.05, 0) is 84.8 Å². The lowest BCUT2D eigenvalue weighted by molar-refractivity contribution is 0.572. The molecule has 3 aliphatic rings. The van der Waals surface area contributed by atoms with Gasteiger partial charge in [0.25, 0.3) is 0 Å². The largest absolute Gasteiger partial charge is 0.456 e. The molecule has 1 aliphatic heterocycles. The summed E-state index contributed by atoms with van der Waals surface area (Å²) in [7, 11) is 0. The van der Waals surface area contributed by atoms with E-state index in [1.165, 1.54) is 54.6 Å². The van der Waals surface area contributed by atoms with E-state index < -0.39 is 0 Å². The highest BCUT2D eigenvalue weighted by molar-refractivity contribution is 6.14. The van der Waals surface area contributed by atoms with E-state index in [2.05, 4.69) is 193 Å². The molecule has 2 unspecified atom stereocenters. The second-order valence-corrected chi connectivity index (χ2v) is 14.3. The van der Waals surface area contributed by atoms with Crippen molar-refractivity contribution in [3.05, 3.63) is 221 Å². The molecule has 2 atom stereocenters. The Balaban J connectivity index is 1.01. The van der Waals surface area contributed by atoms with Gasteiger partial charge < -0.3 is 9.73 Å². The van der Waals surface area contributed by atoms with Gasteiger partial charge in [0.05, 0.1) is 5.71 Å². The van der Waals surface area contributed by atoms with Crippen LogP contribution in [0.15, 0.2) is 198 Å². The second-order valence-electron chi connectivity index (χ2n) is 14.3. The first-order chi connectivity index (χ1) is 26.8. The Morgan fingerprint density at radius 3 is 2.07 bits per heavy atom. The average molecular weight is 691 g/mol. The monoisotopic (exact) mass is 690 g/mol. The van der Waals surface area contributed by atoms with Crippen molar-refractivity contribution in [2.24, 2.45) is 10.9 Å². The summed E-state index contributed by atoms with van der Waals surface area (Å²) < 4.78 is 6.70. The molecule has 0 amide bonds. The highest BCUT2D eigenvalue weighted by atomic mass is 16.3. The number of hydrogen-bond acceptors (Lipinski definition) is 3. The van der Waals surface area contributed by atoms with E-state index in [0.717, 1.165) is 44.5 Å². The van der Waals surface area contributed by atoms with Crippen molar-refractivity contribution in [3.8, 4) is 11.1 Å². The summed E-state index contributed by atoms with van der Waals surface area (Å²) in [6, 6.07) is 56.3. The molecular weight excluding hydrogens is 657 g/mol. The third kappa shape index (κ3) is 4.93. The molecule has 254 valence electrons. The van der Waals surface area contributed by atoms with Crippen LogP contribution in [-0.2, 0) is 0 Å². The summed E-state index contributed by atoms with van der Waals surface area (Å²) in [6.07, 6.45) is 10.7. The number of nitrogens with one attached hydrogen (secondary N) is 1. The minimum absolute atomic E-state index is 0.166. The zero-order chi connectivity index (χ0) is 35.6. The first kappa shape index (κ1) is 30.6. The van der Waals surface area contributed by atoms with Gasteiger partial charge in [-0.1, -0.05) is 164 Å². The van der Waals surface area contributed by atoms with Gasteiger partial charge in [0.2, 0.25) is 0 Å². The van der Waals surface area contributed by atoms with Crippen molar-refractivity contribution in [1.82, 2.24) is 5.32 Å². The van der Waals surface area contributed by atoms with Gasteiger partial charge in [-0.25, -0.2) is 0 Å². The molecule has 2 heterocycles. The van der Waals surface area contributed by atoms with Crippen LogP contribution < -0.4 is 16.0 Å². The van der Waals surface area contributed by atoms with Crippen molar-refractivity contribution in [2.45, 2.75) is 6.17 Å². The van der Waals surface area contributed by atoms with Crippen molar-refractivity contribution >= 4 is 55.1 Å². The van der Waals surface area contributed by atoms with Gasteiger partial charge in [0.1, 0.15) is 17.2 Å². The van der Waals surface area contributed by atoms with E-state index in [-0.39, 0.29) is 12.1 Å². The molecule has 0 radical (unpaired) electrons. The van der Waals surface area contributed by atoms with E-state index >= 15 is 0 Å². The fourth-order valence-electron chi connectivity index (χ4n) is 8.61. The number of rotatable bonds is 5. The van der Waals surface area contributed by atoms with Crippen LogP contribution >= 0.6 is 0 Å². The predicted molar refractivity (Wildman–Crippen MR) is 223 cm³/mol. The normalized spacial score (nSPS) is 17.4. The molecule has 54 heavy (non-hydrogen) atoms. The molecule has 0 fully saturated rings. The maximum absolute atomic E-state index is 6.70. The molecule has 11 rings (SSSR count). The fourth-order valence-corrected chi connectivity index (χ4v) is 8.61. The van der Waals surface area contributed by atoms with Gasteiger partial charge in [-0.15, -0.1) is 0 Å². The van der Waals surface area contributed by atoms with Crippen LogP contribution in [-0.4, -0.2) is 5.71 Å². The van der Waals surface area contributed by atoms with Crippen LogP contribution in [0.25, 0.3) is 60.5 Å². The average Bonchev–Trinajstić information content (AvgIpc) is 3.78. The van der Waals surface area contributed by atoms with Crippen LogP contribution in [0.5, 0.6) is 0 Å². The number of nitrogens with zero attached hydrogens (tertiary/aromatic N) is 1. The molecular formula is C51H34N2O. The Morgan fingerprint density at radius 1 is 0.556 bits per heavy atom. The summed E-state index contributed by atoms with van der Waals surface area (Å²) in [4.78, 5) is 5.32. The molecule has 7 aromatic carbocycles. The Labute approximate surface area is 312 Å². The number of benzene rings is 7. The maximum Gasteiger partial charge on any atom is 0.145 e. The summed E-state index contributed by atoms with van der Waals surface area (Å²) >= 11 is 0. The van der Waals surface area contributed by atoms with Crippen LogP contribution in [0.1, 0.15) is 28.4 Å². The SMILES string of the molecule is C1=CC2=c3c(oc4ccc(C5N=C(c6ccccc6)C=C(c6ccc(-c7cc8ccccc8c8ccccc78)cc6)N5)cc34)=C(c3ccccc3)C2C=C1. The predicted octanol–water partition coefficient (Wildman–Crippen LogP) is 10.6. The summed E-state index contributed by atoms with van der Waals surface area (Å²) in [5.74, 6) is 0.166. The lowest BCUT2D eigenvalue weighted by atomic mass is 9.87. The van der Waals surface area contributed by atoms with Crippen molar-refractivity contribution in [1.29, 1.82) is 0 Å². The Hall–Kier alpha value is -6.97. The highest BCUT2D eigenvalue weighted by Gasteiger charge is 2.29. The van der Waals surface area contributed by atoms with Gasteiger partial charge in [0, 0.05) is 27.8 Å². The molecule has 0 bridgehead atoms. The molecule has 0 spiro atoms. The quantitative estimate of drug-likeness (QED) is 0.183. The first-order valence-electron chi connectivity index (χ1n) is 18.6. The van der Waals surface area contributed by atoms with Crippen LogP contribution in [0.4, 0.5) is 0 Å².